The molecule has 0 fully saturated rings. The average Bonchev–Trinajstić information content (AvgIpc) is 2.26. The number of rotatable bonds is 7. The van der Waals surface area contributed by atoms with E-state index in [9.17, 15) is 16.8 Å². The summed E-state index contributed by atoms with van der Waals surface area (Å²) in [5.41, 5.74) is 6.59. The van der Waals surface area contributed by atoms with Crippen LogP contribution >= 0.6 is 12.2 Å². The zero-order valence-electron chi connectivity index (χ0n) is 10.9. The van der Waals surface area contributed by atoms with Gasteiger partial charge in [-0.05, 0) is 11.6 Å². The summed E-state index contributed by atoms with van der Waals surface area (Å²) in [5.74, 6) is -0.494. The van der Waals surface area contributed by atoms with Crippen LogP contribution in [0.5, 0.6) is 0 Å². The SMILES string of the molecule is CS(=O)(=O)CCNS(=O)(=O)Cc1cccc(C(N)=S)c1. The van der Waals surface area contributed by atoms with Gasteiger partial charge in [-0.3, -0.25) is 0 Å². The van der Waals surface area contributed by atoms with Crippen LogP contribution < -0.4 is 10.5 Å². The summed E-state index contributed by atoms with van der Waals surface area (Å²) in [5, 5.41) is 0. The van der Waals surface area contributed by atoms with Crippen LogP contribution in [0.3, 0.4) is 0 Å². The summed E-state index contributed by atoms with van der Waals surface area (Å²) in [7, 11) is -6.80. The molecule has 0 spiro atoms. The second-order valence-electron chi connectivity index (χ2n) is 4.35. The smallest absolute Gasteiger partial charge is 0.215 e. The Balaban J connectivity index is 2.71. The molecule has 6 nitrogen and oxygen atoms in total. The van der Waals surface area contributed by atoms with Gasteiger partial charge in [-0.15, -0.1) is 0 Å². The Morgan fingerprint density at radius 1 is 1.30 bits per heavy atom. The van der Waals surface area contributed by atoms with Crippen LogP contribution in [0.4, 0.5) is 0 Å². The molecule has 1 aromatic carbocycles. The van der Waals surface area contributed by atoms with Crippen LogP contribution in [0.1, 0.15) is 11.1 Å². The fourth-order valence-corrected chi connectivity index (χ4v) is 3.33. The van der Waals surface area contributed by atoms with E-state index in [0.717, 1.165) is 6.26 Å². The summed E-state index contributed by atoms with van der Waals surface area (Å²) in [6.45, 7) is -0.143. The lowest BCUT2D eigenvalue weighted by molar-refractivity contribution is 0.581. The van der Waals surface area contributed by atoms with Gasteiger partial charge in [-0.2, -0.15) is 0 Å². The normalized spacial score (nSPS) is 12.2. The number of thiocarbonyl (C=S) groups is 1. The fourth-order valence-electron chi connectivity index (χ4n) is 1.47. The Labute approximate surface area is 124 Å². The summed E-state index contributed by atoms with van der Waals surface area (Å²) in [6.07, 6.45) is 1.05. The number of nitrogens with two attached hydrogens (primary N) is 1. The number of hydrogen-bond donors (Lipinski definition) is 2. The lowest BCUT2D eigenvalue weighted by Crippen LogP contribution is -2.30. The molecule has 0 aliphatic rings. The van der Waals surface area contributed by atoms with Crippen LogP contribution in [0.2, 0.25) is 0 Å². The molecule has 9 heteroatoms. The lowest BCUT2D eigenvalue weighted by Gasteiger charge is -2.07. The van der Waals surface area contributed by atoms with Crippen molar-refractivity contribution in [3.63, 3.8) is 0 Å². The van der Waals surface area contributed by atoms with Gasteiger partial charge in [-0.25, -0.2) is 21.6 Å². The van der Waals surface area contributed by atoms with E-state index in [2.05, 4.69) is 4.72 Å². The Morgan fingerprint density at radius 3 is 2.50 bits per heavy atom. The molecule has 0 amide bonds. The molecule has 0 aliphatic heterocycles. The maximum atomic E-state index is 11.8. The fraction of sp³-hybridized carbons (Fsp3) is 0.364. The summed E-state index contributed by atoms with van der Waals surface area (Å²) >= 11 is 4.82. The third kappa shape index (κ3) is 6.42. The standard InChI is InChI=1S/C11H16N2O4S3/c1-19(14,15)6-5-13-20(16,17)8-9-3-2-4-10(7-9)11(12)18/h2-4,7,13H,5-6,8H2,1H3,(H2,12,18). The van der Waals surface area contributed by atoms with Gasteiger partial charge in [0.05, 0.1) is 11.5 Å². The van der Waals surface area contributed by atoms with Crippen molar-refractivity contribution in [2.75, 3.05) is 18.6 Å². The van der Waals surface area contributed by atoms with Crippen molar-refractivity contribution >= 4 is 37.1 Å². The molecule has 1 rings (SSSR count). The highest BCUT2D eigenvalue weighted by molar-refractivity contribution is 7.91. The highest BCUT2D eigenvalue weighted by Gasteiger charge is 2.13. The minimum absolute atomic E-state index is 0.143. The van der Waals surface area contributed by atoms with E-state index in [1.165, 1.54) is 0 Å². The maximum Gasteiger partial charge on any atom is 0.215 e. The van der Waals surface area contributed by atoms with Crippen molar-refractivity contribution in [1.29, 1.82) is 0 Å². The first-order valence-electron chi connectivity index (χ1n) is 5.63. The maximum absolute atomic E-state index is 11.8. The van der Waals surface area contributed by atoms with Crippen LogP contribution in [-0.2, 0) is 25.6 Å². The first-order valence-corrected chi connectivity index (χ1v) is 9.75. The molecule has 0 aliphatic carbocycles. The van der Waals surface area contributed by atoms with Gasteiger partial charge in [0.1, 0.15) is 14.8 Å². The van der Waals surface area contributed by atoms with Crippen molar-refractivity contribution < 1.29 is 16.8 Å². The van der Waals surface area contributed by atoms with Crippen molar-refractivity contribution in [3.05, 3.63) is 35.4 Å². The van der Waals surface area contributed by atoms with Gasteiger partial charge < -0.3 is 5.73 Å². The number of sulfone groups is 1. The summed E-state index contributed by atoms with van der Waals surface area (Å²) in [4.78, 5) is 0.189. The molecule has 0 saturated heterocycles. The number of hydrogen-bond acceptors (Lipinski definition) is 5. The zero-order valence-corrected chi connectivity index (χ0v) is 13.3. The summed E-state index contributed by atoms with van der Waals surface area (Å²) < 4.78 is 47.7. The Morgan fingerprint density at radius 2 is 1.95 bits per heavy atom. The van der Waals surface area contributed by atoms with Crippen LogP contribution in [0.15, 0.2) is 24.3 Å². The van der Waals surface area contributed by atoms with Crippen LogP contribution in [-0.4, -0.2) is 40.4 Å². The van der Waals surface area contributed by atoms with Gasteiger partial charge in [0.15, 0.2) is 0 Å². The predicted molar refractivity (Wildman–Crippen MR) is 82.7 cm³/mol. The second kappa shape index (κ2) is 6.61. The van der Waals surface area contributed by atoms with Gasteiger partial charge in [0, 0.05) is 18.4 Å². The van der Waals surface area contributed by atoms with E-state index in [-0.39, 0.29) is 23.0 Å². The van der Waals surface area contributed by atoms with E-state index < -0.39 is 19.9 Å². The van der Waals surface area contributed by atoms with E-state index >= 15 is 0 Å². The molecular weight excluding hydrogens is 320 g/mol. The number of sulfonamides is 1. The van der Waals surface area contributed by atoms with Crippen molar-refractivity contribution in [1.82, 2.24) is 4.72 Å². The summed E-state index contributed by atoms with van der Waals surface area (Å²) in [6, 6.07) is 6.58. The third-order valence-electron chi connectivity index (χ3n) is 2.36. The first kappa shape index (κ1) is 17.0. The lowest BCUT2D eigenvalue weighted by atomic mass is 10.1. The van der Waals surface area contributed by atoms with Gasteiger partial charge in [0.2, 0.25) is 10.0 Å². The molecule has 112 valence electrons. The number of nitrogens with one attached hydrogen (secondary N) is 1. The first-order chi connectivity index (χ1) is 9.09. The molecule has 0 atom stereocenters. The molecule has 20 heavy (non-hydrogen) atoms. The largest absolute Gasteiger partial charge is 0.389 e. The van der Waals surface area contributed by atoms with E-state index in [1.54, 1.807) is 24.3 Å². The molecule has 0 radical (unpaired) electrons. The molecule has 1 aromatic rings. The molecule has 3 N–H and O–H groups in total. The highest BCUT2D eigenvalue weighted by Crippen LogP contribution is 2.08. The van der Waals surface area contributed by atoms with E-state index in [1.807, 2.05) is 0 Å². The van der Waals surface area contributed by atoms with Gasteiger partial charge in [-0.1, -0.05) is 30.4 Å². The van der Waals surface area contributed by atoms with Crippen molar-refractivity contribution in [2.45, 2.75) is 5.75 Å². The van der Waals surface area contributed by atoms with E-state index in [0.29, 0.717) is 11.1 Å². The minimum atomic E-state index is -3.60. The molecule has 0 heterocycles. The number of benzene rings is 1. The Bertz CT molecular complexity index is 696. The monoisotopic (exact) mass is 336 g/mol. The second-order valence-corrected chi connectivity index (χ2v) is 8.85. The van der Waals surface area contributed by atoms with Crippen LogP contribution in [0.25, 0.3) is 0 Å². The van der Waals surface area contributed by atoms with Gasteiger partial charge in [0.25, 0.3) is 0 Å². The topological polar surface area (TPSA) is 106 Å². The Kier molecular flexibility index (Phi) is 5.63. The van der Waals surface area contributed by atoms with Crippen LogP contribution in [0, 0.1) is 0 Å². The Hall–Kier alpha value is -1.03. The molecule has 0 saturated carbocycles. The van der Waals surface area contributed by atoms with E-state index in [4.69, 9.17) is 18.0 Å². The molecule has 0 aromatic heterocycles. The average molecular weight is 336 g/mol. The minimum Gasteiger partial charge on any atom is -0.389 e. The third-order valence-corrected chi connectivity index (χ3v) is 4.90. The zero-order chi connectivity index (χ0) is 15.4. The van der Waals surface area contributed by atoms with Gasteiger partial charge >= 0.3 is 0 Å². The van der Waals surface area contributed by atoms with Crippen molar-refractivity contribution in [3.8, 4) is 0 Å². The predicted octanol–water partition coefficient (Wildman–Crippen LogP) is -0.215. The highest BCUT2D eigenvalue weighted by atomic mass is 32.2. The quantitative estimate of drug-likeness (QED) is 0.667. The van der Waals surface area contributed by atoms with Crippen molar-refractivity contribution in [2.24, 2.45) is 5.73 Å². The molecular formula is C11H16N2O4S3. The molecule has 0 unspecified atom stereocenters. The molecule has 0 bridgehead atoms.